The Hall–Kier alpha value is -0.800. The summed E-state index contributed by atoms with van der Waals surface area (Å²) in [5.41, 5.74) is 5.77. The van der Waals surface area contributed by atoms with E-state index < -0.39 is 16.1 Å². The SMILES string of the molecule is CSCCC(NS(=O)(=O)c1ccccc1)C(=O)NC1CCCC1CN.Cl. The first-order valence-electron chi connectivity index (χ1n) is 8.54. The molecule has 3 atom stereocenters. The summed E-state index contributed by atoms with van der Waals surface area (Å²) < 4.78 is 27.7. The van der Waals surface area contributed by atoms with Crippen molar-refractivity contribution >= 4 is 40.1 Å². The predicted molar refractivity (Wildman–Crippen MR) is 109 cm³/mol. The second-order valence-corrected chi connectivity index (χ2v) is 9.01. The number of carbonyl (C=O) groups excluding carboxylic acids is 1. The number of rotatable bonds is 9. The van der Waals surface area contributed by atoms with Gasteiger partial charge in [0.15, 0.2) is 0 Å². The molecule has 4 N–H and O–H groups in total. The monoisotopic (exact) mass is 421 g/mol. The first-order chi connectivity index (χ1) is 12.0. The van der Waals surface area contributed by atoms with E-state index in [-0.39, 0.29) is 35.2 Å². The molecule has 0 heterocycles. The van der Waals surface area contributed by atoms with E-state index in [2.05, 4.69) is 10.0 Å². The van der Waals surface area contributed by atoms with Crippen molar-refractivity contribution in [1.29, 1.82) is 0 Å². The molecule has 148 valence electrons. The quantitative estimate of drug-likeness (QED) is 0.563. The lowest BCUT2D eigenvalue weighted by molar-refractivity contribution is -0.123. The van der Waals surface area contributed by atoms with Gasteiger partial charge < -0.3 is 11.1 Å². The van der Waals surface area contributed by atoms with E-state index >= 15 is 0 Å². The topological polar surface area (TPSA) is 101 Å². The molecule has 0 spiro atoms. The van der Waals surface area contributed by atoms with Crippen LogP contribution in [0.5, 0.6) is 0 Å². The number of hydrogen-bond donors (Lipinski definition) is 3. The van der Waals surface area contributed by atoms with Crippen molar-refractivity contribution in [3.8, 4) is 0 Å². The van der Waals surface area contributed by atoms with Crippen molar-refractivity contribution in [2.24, 2.45) is 11.7 Å². The van der Waals surface area contributed by atoms with Crippen molar-refractivity contribution in [1.82, 2.24) is 10.0 Å². The lowest BCUT2D eigenvalue weighted by Gasteiger charge is -2.24. The molecule has 0 bridgehead atoms. The van der Waals surface area contributed by atoms with Crippen LogP contribution in [0.3, 0.4) is 0 Å². The Morgan fingerprint density at radius 1 is 1.31 bits per heavy atom. The van der Waals surface area contributed by atoms with Crippen LogP contribution in [0.15, 0.2) is 35.2 Å². The minimum atomic E-state index is -3.73. The van der Waals surface area contributed by atoms with Crippen molar-refractivity contribution in [3.05, 3.63) is 30.3 Å². The maximum atomic E-state index is 12.7. The Labute approximate surface area is 166 Å². The van der Waals surface area contributed by atoms with E-state index in [0.29, 0.717) is 18.7 Å². The molecule has 26 heavy (non-hydrogen) atoms. The van der Waals surface area contributed by atoms with Gasteiger partial charge in [-0.3, -0.25) is 4.79 Å². The van der Waals surface area contributed by atoms with Gasteiger partial charge in [-0.2, -0.15) is 16.5 Å². The highest BCUT2D eigenvalue weighted by Gasteiger charge is 2.31. The number of carbonyl (C=O) groups is 1. The van der Waals surface area contributed by atoms with Crippen LogP contribution >= 0.6 is 24.2 Å². The molecule has 1 saturated carbocycles. The average Bonchev–Trinajstić information content (AvgIpc) is 3.06. The summed E-state index contributed by atoms with van der Waals surface area (Å²) in [6, 6.07) is 7.38. The molecule has 2 rings (SSSR count). The summed E-state index contributed by atoms with van der Waals surface area (Å²) in [5.74, 6) is 0.704. The van der Waals surface area contributed by atoms with Crippen LogP contribution in [0.4, 0.5) is 0 Å². The summed E-state index contributed by atoms with van der Waals surface area (Å²) in [6.45, 7) is 0.538. The average molecular weight is 422 g/mol. The molecule has 0 aliphatic heterocycles. The van der Waals surface area contributed by atoms with Gasteiger partial charge in [0.05, 0.1) is 4.90 Å². The van der Waals surface area contributed by atoms with E-state index in [9.17, 15) is 13.2 Å². The smallest absolute Gasteiger partial charge is 0.241 e. The molecule has 0 saturated heterocycles. The molecule has 1 aliphatic carbocycles. The molecule has 1 amide bonds. The first-order valence-corrected chi connectivity index (χ1v) is 11.4. The standard InChI is InChI=1S/C17H27N3O3S2.ClH/c1-24-11-10-16(17(21)19-15-9-5-6-13(15)12-18)20-25(22,23)14-7-3-2-4-8-14;/h2-4,7-8,13,15-16,20H,5-6,9-12,18H2,1H3,(H,19,21);1H. The Morgan fingerprint density at radius 2 is 2.00 bits per heavy atom. The number of nitrogens with one attached hydrogen (secondary N) is 2. The van der Waals surface area contributed by atoms with Crippen molar-refractivity contribution in [2.75, 3.05) is 18.6 Å². The number of nitrogens with two attached hydrogens (primary N) is 1. The van der Waals surface area contributed by atoms with Crippen LogP contribution in [0.25, 0.3) is 0 Å². The van der Waals surface area contributed by atoms with E-state index in [4.69, 9.17) is 5.73 Å². The minimum absolute atomic E-state index is 0. The van der Waals surface area contributed by atoms with Gasteiger partial charge in [0, 0.05) is 6.04 Å². The summed E-state index contributed by atoms with van der Waals surface area (Å²) in [6.07, 6.45) is 5.32. The Morgan fingerprint density at radius 3 is 2.62 bits per heavy atom. The number of benzene rings is 1. The molecule has 1 aliphatic rings. The predicted octanol–water partition coefficient (Wildman–Crippen LogP) is 1.75. The third-order valence-electron chi connectivity index (χ3n) is 4.57. The van der Waals surface area contributed by atoms with Crippen LogP contribution in [-0.2, 0) is 14.8 Å². The second kappa shape index (κ2) is 11.1. The Bertz CT molecular complexity index is 658. The third kappa shape index (κ3) is 6.42. The maximum absolute atomic E-state index is 12.7. The van der Waals surface area contributed by atoms with Crippen LogP contribution in [-0.4, -0.2) is 45.0 Å². The van der Waals surface area contributed by atoms with Crippen LogP contribution < -0.4 is 15.8 Å². The van der Waals surface area contributed by atoms with E-state index in [1.165, 1.54) is 12.1 Å². The molecular formula is C17H28ClN3O3S2. The molecule has 1 fully saturated rings. The van der Waals surface area contributed by atoms with Crippen molar-refractivity contribution in [3.63, 3.8) is 0 Å². The minimum Gasteiger partial charge on any atom is -0.352 e. The number of sulfonamides is 1. The first kappa shape index (κ1) is 23.2. The van der Waals surface area contributed by atoms with Gasteiger partial charge in [0.25, 0.3) is 0 Å². The van der Waals surface area contributed by atoms with Gasteiger partial charge in [0.2, 0.25) is 15.9 Å². The van der Waals surface area contributed by atoms with Gasteiger partial charge in [-0.1, -0.05) is 24.6 Å². The van der Waals surface area contributed by atoms with Gasteiger partial charge in [0.1, 0.15) is 6.04 Å². The fraction of sp³-hybridized carbons (Fsp3) is 0.588. The summed E-state index contributed by atoms with van der Waals surface area (Å²) in [4.78, 5) is 12.9. The molecule has 9 heteroatoms. The molecule has 0 radical (unpaired) electrons. The van der Waals surface area contributed by atoms with Crippen molar-refractivity contribution in [2.45, 2.75) is 42.7 Å². The second-order valence-electron chi connectivity index (χ2n) is 6.31. The molecule has 1 aromatic carbocycles. The van der Waals surface area contributed by atoms with E-state index in [1.807, 2.05) is 6.26 Å². The maximum Gasteiger partial charge on any atom is 0.241 e. The largest absolute Gasteiger partial charge is 0.352 e. The molecular weight excluding hydrogens is 394 g/mol. The van der Waals surface area contributed by atoms with Crippen LogP contribution in [0.1, 0.15) is 25.7 Å². The highest BCUT2D eigenvalue weighted by Crippen LogP contribution is 2.24. The van der Waals surface area contributed by atoms with Crippen LogP contribution in [0, 0.1) is 5.92 Å². The Kier molecular flexibility index (Phi) is 9.95. The zero-order valence-electron chi connectivity index (χ0n) is 14.9. The molecule has 3 unspecified atom stereocenters. The number of hydrogen-bond acceptors (Lipinski definition) is 5. The van der Waals surface area contributed by atoms with Crippen LogP contribution in [0.2, 0.25) is 0 Å². The van der Waals surface area contributed by atoms with E-state index in [0.717, 1.165) is 19.3 Å². The summed E-state index contributed by atoms with van der Waals surface area (Å²) in [5, 5.41) is 3.01. The van der Waals surface area contributed by atoms with Gasteiger partial charge in [-0.25, -0.2) is 8.42 Å². The number of halogens is 1. The summed E-state index contributed by atoms with van der Waals surface area (Å²) >= 11 is 1.58. The van der Waals surface area contributed by atoms with Gasteiger partial charge in [-0.05, 0) is 55.9 Å². The third-order valence-corrected chi connectivity index (χ3v) is 6.70. The molecule has 6 nitrogen and oxygen atoms in total. The Balaban J connectivity index is 0.00000338. The fourth-order valence-electron chi connectivity index (χ4n) is 3.13. The van der Waals surface area contributed by atoms with Gasteiger partial charge >= 0.3 is 0 Å². The zero-order valence-corrected chi connectivity index (χ0v) is 17.3. The lowest BCUT2D eigenvalue weighted by Crippen LogP contribution is -2.51. The van der Waals surface area contributed by atoms with E-state index in [1.54, 1.807) is 30.0 Å². The fourth-order valence-corrected chi connectivity index (χ4v) is 4.85. The normalized spacial score (nSPS) is 21.0. The summed E-state index contributed by atoms with van der Waals surface area (Å²) in [7, 11) is -3.73. The lowest BCUT2D eigenvalue weighted by atomic mass is 10.0. The molecule has 0 aromatic heterocycles. The number of amides is 1. The zero-order chi connectivity index (χ0) is 18.3. The molecule has 1 aromatic rings. The van der Waals surface area contributed by atoms with Crippen molar-refractivity contribution < 1.29 is 13.2 Å². The highest BCUT2D eigenvalue weighted by atomic mass is 35.5. The number of thioether (sulfide) groups is 1. The highest BCUT2D eigenvalue weighted by molar-refractivity contribution is 7.98. The van der Waals surface area contributed by atoms with Gasteiger partial charge in [-0.15, -0.1) is 12.4 Å².